The Morgan fingerprint density at radius 1 is 1.00 bits per heavy atom. The molecule has 1 atom stereocenters. The smallest absolute Gasteiger partial charge is 0.239 e. The molecule has 27 heavy (non-hydrogen) atoms. The van der Waals surface area contributed by atoms with E-state index in [-0.39, 0.29) is 26.1 Å². The Kier molecular flexibility index (Phi) is 7.69. The second-order valence-corrected chi connectivity index (χ2v) is 5.81. The van der Waals surface area contributed by atoms with Crippen molar-refractivity contribution in [2.24, 2.45) is 0 Å². The summed E-state index contributed by atoms with van der Waals surface area (Å²) in [5.41, 5.74) is 0.501. The van der Waals surface area contributed by atoms with Crippen molar-refractivity contribution in [3.05, 3.63) is 65.7 Å². The van der Waals surface area contributed by atoms with Gasteiger partial charge in [-0.15, -0.1) is 0 Å². The summed E-state index contributed by atoms with van der Waals surface area (Å²) in [5.74, 6) is -1.34. The number of benzene rings is 2. The highest BCUT2D eigenvalue weighted by atomic mass is 19.1. The molecule has 0 aliphatic rings. The maximum absolute atomic E-state index is 13.1. The van der Waals surface area contributed by atoms with E-state index in [0.717, 1.165) is 0 Å². The molecule has 8 heteroatoms. The molecule has 0 spiro atoms. The topological polar surface area (TPSA) is 87.7 Å². The number of ether oxygens (including phenoxy) is 1. The highest BCUT2D eigenvalue weighted by molar-refractivity contribution is 5.85. The van der Waals surface area contributed by atoms with Gasteiger partial charge in [0.25, 0.3) is 0 Å². The van der Waals surface area contributed by atoms with Crippen molar-refractivity contribution in [2.75, 3.05) is 19.7 Å². The zero-order chi connectivity index (χ0) is 19.6. The molecule has 0 aliphatic heterocycles. The van der Waals surface area contributed by atoms with Crippen molar-refractivity contribution in [1.29, 1.82) is 0 Å². The van der Waals surface area contributed by atoms with Crippen molar-refractivity contribution in [2.45, 2.75) is 12.5 Å². The fourth-order valence-electron chi connectivity index (χ4n) is 2.15. The van der Waals surface area contributed by atoms with Crippen LogP contribution in [0.2, 0.25) is 0 Å². The van der Waals surface area contributed by atoms with Gasteiger partial charge in [0, 0.05) is 6.54 Å². The first-order valence-corrected chi connectivity index (χ1v) is 8.26. The summed E-state index contributed by atoms with van der Waals surface area (Å²) < 4.78 is 31.1. The number of hydrogen-bond acceptors (Lipinski definition) is 4. The number of aliphatic hydroxyl groups excluding tert-OH is 1. The molecule has 6 nitrogen and oxygen atoms in total. The van der Waals surface area contributed by atoms with Crippen LogP contribution in [0.3, 0.4) is 0 Å². The lowest BCUT2D eigenvalue weighted by atomic mass is 10.1. The van der Waals surface area contributed by atoms with Crippen molar-refractivity contribution in [3.8, 4) is 5.75 Å². The molecule has 2 aromatic carbocycles. The Bertz CT molecular complexity index is 769. The maximum Gasteiger partial charge on any atom is 0.239 e. The Hall–Kier alpha value is -3.00. The highest BCUT2D eigenvalue weighted by Crippen LogP contribution is 2.11. The zero-order valence-corrected chi connectivity index (χ0v) is 14.5. The van der Waals surface area contributed by atoms with Gasteiger partial charge in [-0.2, -0.15) is 0 Å². The number of amides is 2. The third-order valence-electron chi connectivity index (χ3n) is 3.49. The minimum atomic E-state index is -0.970. The molecule has 2 amide bonds. The molecule has 0 radical (unpaired) electrons. The van der Waals surface area contributed by atoms with Crippen LogP contribution in [0, 0.1) is 11.6 Å². The molecule has 3 N–H and O–H groups in total. The van der Waals surface area contributed by atoms with Crippen molar-refractivity contribution in [3.63, 3.8) is 0 Å². The molecule has 0 aromatic heterocycles. The first kappa shape index (κ1) is 20.3. The van der Waals surface area contributed by atoms with E-state index < -0.39 is 29.6 Å². The third-order valence-corrected chi connectivity index (χ3v) is 3.49. The first-order valence-electron chi connectivity index (χ1n) is 8.26. The number of halogens is 2. The van der Waals surface area contributed by atoms with Crippen LogP contribution in [0.4, 0.5) is 8.78 Å². The summed E-state index contributed by atoms with van der Waals surface area (Å²) in [5, 5.41) is 14.6. The number of carbonyl (C=O) groups is 2. The van der Waals surface area contributed by atoms with Gasteiger partial charge in [-0.25, -0.2) is 8.78 Å². The van der Waals surface area contributed by atoms with Crippen LogP contribution < -0.4 is 15.4 Å². The zero-order valence-electron chi connectivity index (χ0n) is 14.5. The van der Waals surface area contributed by atoms with E-state index in [2.05, 4.69) is 10.6 Å². The lowest BCUT2D eigenvalue weighted by Crippen LogP contribution is -2.41. The molecule has 0 saturated carbocycles. The van der Waals surface area contributed by atoms with Crippen molar-refractivity contribution >= 4 is 11.8 Å². The Morgan fingerprint density at radius 2 is 1.74 bits per heavy atom. The molecule has 0 saturated heterocycles. The fourth-order valence-corrected chi connectivity index (χ4v) is 2.15. The van der Waals surface area contributed by atoms with Gasteiger partial charge in [0.05, 0.1) is 13.0 Å². The summed E-state index contributed by atoms with van der Waals surface area (Å²) in [4.78, 5) is 23.4. The molecule has 1 unspecified atom stereocenters. The average molecular weight is 378 g/mol. The monoisotopic (exact) mass is 378 g/mol. The van der Waals surface area contributed by atoms with Crippen LogP contribution >= 0.6 is 0 Å². The van der Waals surface area contributed by atoms with Gasteiger partial charge in [0.1, 0.15) is 30.1 Å². The van der Waals surface area contributed by atoms with Gasteiger partial charge >= 0.3 is 0 Å². The number of hydrogen-bond donors (Lipinski definition) is 3. The Labute approximate surface area is 155 Å². The molecule has 2 aromatic rings. The fraction of sp³-hybridized carbons (Fsp3) is 0.263. The molecule has 0 bridgehead atoms. The van der Waals surface area contributed by atoms with Gasteiger partial charge in [-0.3, -0.25) is 9.59 Å². The maximum atomic E-state index is 13.1. The van der Waals surface area contributed by atoms with E-state index in [9.17, 15) is 23.5 Å². The van der Waals surface area contributed by atoms with E-state index >= 15 is 0 Å². The second kappa shape index (κ2) is 10.2. The molecule has 2 rings (SSSR count). The standard InChI is InChI=1S/C19H20F2N2O4/c20-14-4-6-17(7-5-14)27-12-16(24)10-22-19(26)11-23-18(25)9-13-2-1-3-15(21)8-13/h1-8,16,24H,9-12H2,(H,22,26)(H,23,25). The lowest BCUT2D eigenvalue weighted by Gasteiger charge is -2.13. The van der Waals surface area contributed by atoms with Crippen LogP contribution in [0.5, 0.6) is 5.75 Å². The van der Waals surface area contributed by atoms with Crippen LogP contribution in [0.15, 0.2) is 48.5 Å². The minimum Gasteiger partial charge on any atom is -0.491 e. The van der Waals surface area contributed by atoms with E-state index in [1.54, 1.807) is 6.07 Å². The number of aliphatic hydroxyl groups is 1. The molecule has 0 aliphatic carbocycles. The summed E-state index contributed by atoms with van der Waals surface area (Å²) in [6.07, 6.45) is -1.01. The van der Waals surface area contributed by atoms with Crippen LogP contribution in [-0.4, -0.2) is 42.7 Å². The normalized spacial score (nSPS) is 11.5. The van der Waals surface area contributed by atoms with E-state index in [1.807, 2.05) is 0 Å². The second-order valence-electron chi connectivity index (χ2n) is 5.81. The number of rotatable bonds is 9. The summed E-state index contributed by atoms with van der Waals surface area (Å²) in [6, 6.07) is 11.0. The molecular weight excluding hydrogens is 358 g/mol. The van der Waals surface area contributed by atoms with Gasteiger partial charge in [0.15, 0.2) is 0 Å². The highest BCUT2D eigenvalue weighted by Gasteiger charge is 2.10. The summed E-state index contributed by atoms with van der Waals surface area (Å²) >= 11 is 0. The summed E-state index contributed by atoms with van der Waals surface area (Å²) in [6.45, 7) is -0.419. The molecule has 0 heterocycles. The molecule has 0 fully saturated rings. The number of nitrogens with one attached hydrogen (secondary N) is 2. The molecule has 144 valence electrons. The van der Waals surface area contributed by atoms with Gasteiger partial charge < -0.3 is 20.5 Å². The van der Waals surface area contributed by atoms with E-state index in [1.165, 1.54) is 42.5 Å². The predicted octanol–water partition coefficient (Wildman–Crippen LogP) is 1.18. The van der Waals surface area contributed by atoms with Crippen molar-refractivity contribution < 1.29 is 28.2 Å². The van der Waals surface area contributed by atoms with Crippen LogP contribution in [0.1, 0.15) is 5.56 Å². The van der Waals surface area contributed by atoms with Gasteiger partial charge in [-0.1, -0.05) is 12.1 Å². The quantitative estimate of drug-likeness (QED) is 0.612. The largest absolute Gasteiger partial charge is 0.491 e. The SMILES string of the molecule is O=C(CNC(=O)Cc1cccc(F)c1)NCC(O)COc1ccc(F)cc1. The average Bonchev–Trinajstić information content (AvgIpc) is 2.64. The molecular formula is C19H20F2N2O4. The van der Waals surface area contributed by atoms with Crippen LogP contribution in [-0.2, 0) is 16.0 Å². The van der Waals surface area contributed by atoms with Gasteiger partial charge in [0.2, 0.25) is 11.8 Å². The number of carbonyl (C=O) groups excluding carboxylic acids is 2. The van der Waals surface area contributed by atoms with E-state index in [4.69, 9.17) is 4.74 Å². The first-order chi connectivity index (χ1) is 12.9. The van der Waals surface area contributed by atoms with Crippen LogP contribution in [0.25, 0.3) is 0 Å². The summed E-state index contributed by atoms with van der Waals surface area (Å²) in [7, 11) is 0. The minimum absolute atomic E-state index is 0.0425. The Morgan fingerprint density at radius 3 is 2.44 bits per heavy atom. The van der Waals surface area contributed by atoms with E-state index in [0.29, 0.717) is 11.3 Å². The predicted molar refractivity (Wildman–Crippen MR) is 94.0 cm³/mol. The van der Waals surface area contributed by atoms with Gasteiger partial charge in [-0.05, 0) is 42.0 Å². The Balaban J connectivity index is 1.62. The van der Waals surface area contributed by atoms with Crippen molar-refractivity contribution in [1.82, 2.24) is 10.6 Å². The lowest BCUT2D eigenvalue weighted by molar-refractivity contribution is -0.126. The third kappa shape index (κ3) is 7.83.